The van der Waals surface area contributed by atoms with Crippen molar-refractivity contribution in [3.8, 4) is 5.75 Å². The first-order valence-corrected chi connectivity index (χ1v) is 5.63. The number of carbonyl (C=O) groups is 1. The summed E-state index contributed by atoms with van der Waals surface area (Å²) in [5.74, 6) is -0.522. The molecule has 0 fully saturated rings. The fourth-order valence-electron chi connectivity index (χ4n) is 1.54. The molecular weight excluding hydrogens is 235 g/mol. The lowest BCUT2D eigenvalue weighted by Crippen LogP contribution is -2.48. The number of methoxy groups -OCH3 is 1. The molecule has 0 aliphatic heterocycles. The molecule has 0 spiro atoms. The highest BCUT2D eigenvalue weighted by Crippen LogP contribution is 2.12. The molecule has 0 saturated heterocycles. The Hall–Kier alpha value is -1.25. The monoisotopic (exact) mass is 248 g/mol. The minimum atomic E-state index is -0.698. The van der Waals surface area contributed by atoms with Crippen LogP contribution in [0.25, 0.3) is 0 Å². The third-order valence-corrected chi connectivity index (χ3v) is 2.41. The van der Waals surface area contributed by atoms with Crippen molar-refractivity contribution < 1.29 is 14.3 Å². The van der Waals surface area contributed by atoms with E-state index in [9.17, 15) is 4.79 Å². The van der Waals surface area contributed by atoms with Crippen LogP contribution in [-0.4, -0.2) is 50.1 Å². The number of hydrogen-bond donors (Lipinski definition) is 0. The van der Waals surface area contributed by atoms with Crippen LogP contribution >= 0.6 is 0 Å². The molecule has 0 N–H and O–H groups in total. The van der Waals surface area contributed by atoms with Crippen molar-refractivity contribution >= 4 is 59.2 Å². The standard InChI is InChI=1S/C12H12B4O3/c1-12(2,3)19-10-8(15)6(13)5(11(17)18-4)7(14)9(10)16/h1-4H3. The van der Waals surface area contributed by atoms with E-state index in [4.69, 9.17) is 36.1 Å². The molecule has 0 heterocycles. The van der Waals surface area contributed by atoms with Crippen LogP contribution in [0.1, 0.15) is 31.1 Å². The van der Waals surface area contributed by atoms with Crippen LogP contribution in [0.2, 0.25) is 0 Å². The van der Waals surface area contributed by atoms with E-state index in [1.165, 1.54) is 7.11 Å². The van der Waals surface area contributed by atoms with Crippen molar-refractivity contribution in [2.45, 2.75) is 26.4 Å². The van der Waals surface area contributed by atoms with Gasteiger partial charge in [-0.05, 0) is 20.8 Å². The van der Waals surface area contributed by atoms with Gasteiger partial charge in [-0.3, -0.25) is 0 Å². The Morgan fingerprint density at radius 1 is 0.947 bits per heavy atom. The van der Waals surface area contributed by atoms with E-state index in [0.717, 1.165) is 0 Å². The van der Waals surface area contributed by atoms with Crippen molar-refractivity contribution in [1.29, 1.82) is 0 Å². The van der Waals surface area contributed by atoms with E-state index in [1.807, 2.05) is 20.8 Å². The highest BCUT2D eigenvalue weighted by Gasteiger charge is 2.22. The van der Waals surface area contributed by atoms with Crippen molar-refractivity contribution in [3.63, 3.8) is 0 Å². The van der Waals surface area contributed by atoms with Crippen molar-refractivity contribution in [1.82, 2.24) is 0 Å². The molecular formula is C12H12B4O3. The van der Waals surface area contributed by atoms with Gasteiger partial charge >= 0.3 is 5.97 Å². The van der Waals surface area contributed by atoms with Crippen LogP contribution in [0, 0.1) is 0 Å². The summed E-state index contributed by atoms with van der Waals surface area (Å²) in [6.07, 6.45) is 0. The van der Waals surface area contributed by atoms with E-state index < -0.39 is 11.6 Å². The molecule has 7 heteroatoms. The maximum absolute atomic E-state index is 11.6. The number of benzene rings is 1. The minimum absolute atomic E-state index is 0.00204. The van der Waals surface area contributed by atoms with Crippen molar-refractivity contribution in [3.05, 3.63) is 5.56 Å². The molecule has 0 aromatic heterocycles. The van der Waals surface area contributed by atoms with E-state index in [1.54, 1.807) is 0 Å². The molecule has 0 unspecified atom stereocenters. The van der Waals surface area contributed by atoms with Crippen molar-refractivity contribution in [2.75, 3.05) is 7.11 Å². The molecule has 19 heavy (non-hydrogen) atoms. The maximum Gasteiger partial charge on any atom is 0.336 e. The second kappa shape index (κ2) is 5.40. The zero-order valence-corrected chi connectivity index (χ0v) is 11.5. The SMILES string of the molecule is [B]c1c([B])c(C(=O)OC)c([B])c([B])c1OC(C)(C)C. The van der Waals surface area contributed by atoms with Gasteiger partial charge in [0.2, 0.25) is 0 Å². The minimum Gasteiger partial charge on any atom is -0.489 e. The van der Waals surface area contributed by atoms with Crippen LogP contribution < -0.4 is 26.6 Å². The fraction of sp³-hybridized carbons (Fsp3) is 0.417. The largest absolute Gasteiger partial charge is 0.489 e. The lowest BCUT2D eigenvalue weighted by Gasteiger charge is -2.28. The van der Waals surface area contributed by atoms with Crippen LogP contribution in [0.3, 0.4) is 0 Å². The van der Waals surface area contributed by atoms with Crippen molar-refractivity contribution in [2.24, 2.45) is 0 Å². The number of esters is 1. The first-order valence-electron chi connectivity index (χ1n) is 5.63. The third kappa shape index (κ3) is 3.20. The summed E-state index contributed by atoms with van der Waals surface area (Å²) in [6.45, 7) is 5.48. The van der Waals surface area contributed by atoms with E-state index >= 15 is 0 Å². The van der Waals surface area contributed by atoms with Crippen LogP contribution in [0.5, 0.6) is 5.75 Å². The Kier molecular flexibility index (Phi) is 4.49. The molecule has 90 valence electrons. The Morgan fingerprint density at radius 3 is 1.68 bits per heavy atom. The molecule has 0 amide bonds. The molecule has 0 aliphatic carbocycles. The Bertz CT molecular complexity index is 492. The fourth-order valence-corrected chi connectivity index (χ4v) is 1.54. The molecule has 0 atom stereocenters. The topological polar surface area (TPSA) is 35.5 Å². The number of rotatable bonds is 2. The Labute approximate surface area is 119 Å². The van der Waals surface area contributed by atoms with Gasteiger partial charge in [-0.25, -0.2) is 4.79 Å². The lowest BCUT2D eigenvalue weighted by atomic mass is 9.66. The summed E-state index contributed by atoms with van der Waals surface area (Å²) in [7, 11) is 24.5. The molecule has 3 nitrogen and oxygen atoms in total. The average Bonchev–Trinajstić information content (AvgIpc) is 2.31. The highest BCUT2D eigenvalue weighted by atomic mass is 16.5. The molecule has 0 bridgehead atoms. The van der Waals surface area contributed by atoms with Gasteiger partial charge in [0.05, 0.1) is 7.11 Å². The first-order chi connectivity index (χ1) is 8.60. The molecule has 0 aliphatic rings. The quantitative estimate of drug-likeness (QED) is 0.441. The zero-order chi connectivity index (χ0) is 15.0. The molecule has 1 aromatic rings. The number of carbonyl (C=O) groups excluding carboxylic acids is 1. The van der Waals surface area contributed by atoms with Gasteiger partial charge in [0.25, 0.3) is 0 Å². The van der Waals surface area contributed by atoms with E-state index in [-0.39, 0.29) is 33.2 Å². The first kappa shape index (κ1) is 15.8. The summed E-state index contributed by atoms with van der Waals surface area (Å²) in [5.41, 5.74) is -0.438. The molecule has 0 saturated carbocycles. The maximum atomic E-state index is 11.6. The Morgan fingerprint density at radius 2 is 1.37 bits per heavy atom. The summed E-state index contributed by atoms with van der Waals surface area (Å²) >= 11 is 0. The predicted molar refractivity (Wildman–Crippen MR) is 79.7 cm³/mol. The molecule has 1 aromatic carbocycles. The summed E-state index contributed by atoms with van der Waals surface area (Å²) in [6, 6.07) is 0. The number of hydrogen-bond acceptors (Lipinski definition) is 3. The normalized spacial score (nSPS) is 11.2. The van der Waals surface area contributed by atoms with Gasteiger partial charge in [0.15, 0.2) is 0 Å². The van der Waals surface area contributed by atoms with Crippen LogP contribution in [0.15, 0.2) is 0 Å². The highest BCUT2D eigenvalue weighted by molar-refractivity contribution is 6.60. The second-order valence-corrected chi connectivity index (χ2v) is 5.06. The van der Waals surface area contributed by atoms with Crippen LogP contribution in [-0.2, 0) is 4.74 Å². The second-order valence-electron chi connectivity index (χ2n) is 5.06. The number of ether oxygens (including phenoxy) is 2. The lowest BCUT2D eigenvalue weighted by molar-refractivity contribution is 0.0604. The summed E-state index contributed by atoms with van der Waals surface area (Å²) in [4.78, 5) is 11.6. The summed E-state index contributed by atoms with van der Waals surface area (Å²) < 4.78 is 10.2. The van der Waals surface area contributed by atoms with Gasteiger partial charge in [-0.1, -0.05) is 21.9 Å². The van der Waals surface area contributed by atoms with Gasteiger partial charge in [0.1, 0.15) is 42.7 Å². The molecule has 1 rings (SSSR count). The predicted octanol–water partition coefficient (Wildman–Crippen LogP) is -2.17. The van der Waals surface area contributed by atoms with Gasteiger partial charge in [0, 0.05) is 5.56 Å². The molecule has 8 radical (unpaired) electrons. The van der Waals surface area contributed by atoms with Gasteiger partial charge < -0.3 is 9.47 Å². The Balaban J connectivity index is 3.52. The third-order valence-electron chi connectivity index (χ3n) is 2.41. The van der Waals surface area contributed by atoms with E-state index in [0.29, 0.717) is 0 Å². The van der Waals surface area contributed by atoms with Crippen LogP contribution in [0.4, 0.5) is 0 Å². The average molecular weight is 247 g/mol. The van der Waals surface area contributed by atoms with Gasteiger partial charge in [-0.2, -0.15) is 0 Å². The van der Waals surface area contributed by atoms with Gasteiger partial charge in [-0.15, -0.1) is 0 Å². The smallest absolute Gasteiger partial charge is 0.336 e. The zero-order valence-electron chi connectivity index (χ0n) is 11.5. The summed E-state index contributed by atoms with van der Waals surface area (Å²) in [5, 5.41) is 0. The van der Waals surface area contributed by atoms with E-state index in [2.05, 4.69) is 4.74 Å².